The molecule has 8 nitrogen and oxygen atoms in total. The summed E-state index contributed by atoms with van der Waals surface area (Å²) < 4.78 is 15.4. The van der Waals surface area contributed by atoms with Crippen LogP contribution < -0.4 is 14.8 Å². The molecule has 1 N–H and O–H groups in total. The molecule has 0 saturated carbocycles. The molecule has 1 amide bonds. The number of esters is 1. The molecule has 0 saturated heterocycles. The van der Waals surface area contributed by atoms with E-state index >= 15 is 0 Å². The van der Waals surface area contributed by atoms with Crippen molar-refractivity contribution >= 4 is 34.9 Å². The van der Waals surface area contributed by atoms with E-state index in [0.717, 1.165) is 11.1 Å². The van der Waals surface area contributed by atoms with Gasteiger partial charge in [-0.2, -0.15) is 0 Å². The number of carbonyl (C=O) groups excluding carboxylic acids is 2. The van der Waals surface area contributed by atoms with Gasteiger partial charge in [0.25, 0.3) is 5.91 Å². The molecular formula is C20H19ClN2O6. The first-order valence-electron chi connectivity index (χ1n) is 8.70. The zero-order valence-corrected chi connectivity index (χ0v) is 16.6. The third-order valence-electron chi connectivity index (χ3n) is 4.01. The number of amides is 1. The zero-order valence-electron chi connectivity index (χ0n) is 15.9. The Morgan fingerprint density at radius 3 is 2.76 bits per heavy atom. The van der Waals surface area contributed by atoms with Crippen molar-refractivity contribution in [1.82, 2.24) is 0 Å². The highest BCUT2D eigenvalue weighted by Crippen LogP contribution is 2.32. The SMILES string of the molecule is C/C(=N/OCC(=O)OCC(=O)Nc1cc(Cl)ccc1C)c1ccc2c(c1)OCO2. The smallest absolute Gasteiger partial charge is 0.347 e. The number of oxime groups is 1. The van der Waals surface area contributed by atoms with Crippen molar-refractivity contribution in [1.29, 1.82) is 0 Å². The Labute approximate surface area is 172 Å². The molecule has 9 heteroatoms. The van der Waals surface area contributed by atoms with Gasteiger partial charge in [0.15, 0.2) is 18.1 Å². The van der Waals surface area contributed by atoms with Crippen LogP contribution in [0.15, 0.2) is 41.6 Å². The van der Waals surface area contributed by atoms with E-state index in [2.05, 4.69) is 10.5 Å². The molecule has 0 aliphatic carbocycles. The quantitative estimate of drug-likeness (QED) is 0.421. The molecule has 1 aliphatic rings. The minimum atomic E-state index is -0.717. The molecule has 0 radical (unpaired) electrons. The minimum absolute atomic E-state index is 0.182. The van der Waals surface area contributed by atoms with E-state index in [1.165, 1.54) is 0 Å². The average molecular weight is 419 g/mol. The molecule has 0 unspecified atom stereocenters. The van der Waals surface area contributed by atoms with Crippen LogP contribution in [0.5, 0.6) is 11.5 Å². The molecule has 152 valence electrons. The summed E-state index contributed by atoms with van der Waals surface area (Å²) in [4.78, 5) is 28.7. The monoisotopic (exact) mass is 418 g/mol. The van der Waals surface area contributed by atoms with Gasteiger partial charge in [0.2, 0.25) is 13.4 Å². The summed E-state index contributed by atoms with van der Waals surface area (Å²) in [7, 11) is 0. The van der Waals surface area contributed by atoms with Crippen LogP contribution in [-0.2, 0) is 19.2 Å². The number of nitrogens with zero attached hydrogens (tertiary/aromatic N) is 1. The highest BCUT2D eigenvalue weighted by atomic mass is 35.5. The minimum Gasteiger partial charge on any atom is -0.454 e. The number of nitrogens with one attached hydrogen (secondary N) is 1. The van der Waals surface area contributed by atoms with Crippen molar-refractivity contribution in [2.45, 2.75) is 13.8 Å². The van der Waals surface area contributed by atoms with Crippen molar-refractivity contribution in [3.8, 4) is 11.5 Å². The van der Waals surface area contributed by atoms with Crippen LogP contribution in [0, 0.1) is 6.92 Å². The number of rotatable bonds is 7. The number of anilines is 1. The number of halogens is 1. The summed E-state index contributed by atoms with van der Waals surface area (Å²) in [5.74, 6) is 0.0867. The Hall–Kier alpha value is -3.26. The van der Waals surface area contributed by atoms with Crippen LogP contribution in [0.1, 0.15) is 18.1 Å². The molecule has 0 bridgehead atoms. The normalized spacial score (nSPS) is 12.4. The number of aryl methyl sites for hydroxylation is 1. The fourth-order valence-corrected chi connectivity index (χ4v) is 2.63. The molecule has 0 atom stereocenters. The second kappa shape index (κ2) is 9.29. The first-order valence-corrected chi connectivity index (χ1v) is 9.08. The largest absolute Gasteiger partial charge is 0.454 e. The lowest BCUT2D eigenvalue weighted by atomic mass is 10.1. The maximum Gasteiger partial charge on any atom is 0.347 e. The standard InChI is InChI=1S/C20H19ClN2O6/c1-12-3-5-15(21)8-16(12)22-19(24)9-26-20(25)10-29-23-13(2)14-4-6-17-18(7-14)28-11-27-17/h3-8H,9-11H2,1-2H3,(H,22,24)/b23-13-. The maximum atomic E-state index is 11.9. The second-order valence-electron chi connectivity index (χ2n) is 6.19. The van der Waals surface area contributed by atoms with E-state index in [-0.39, 0.29) is 6.79 Å². The van der Waals surface area contributed by atoms with Crippen molar-refractivity contribution in [2.24, 2.45) is 5.16 Å². The molecule has 2 aromatic carbocycles. The predicted octanol–water partition coefficient (Wildman–Crippen LogP) is 3.30. The number of ether oxygens (including phenoxy) is 3. The summed E-state index contributed by atoms with van der Waals surface area (Å²) in [6.07, 6.45) is 0. The first kappa shape index (κ1) is 20.5. The lowest BCUT2D eigenvalue weighted by Crippen LogP contribution is -2.23. The molecule has 0 spiro atoms. The summed E-state index contributed by atoms with van der Waals surface area (Å²) >= 11 is 5.90. The zero-order chi connectivity index (χ0) is 20.8. The van der Waals surface area contributed by atoms with Crippen LogP contribution in [0.25, 0.3) is 0 Å². The van der Waals surface area contributed by atoms with Crippen LogP contribution in [0.4, 0.5) is 5.69 Å². The number of fused-ring (bicyclic) bond motifs is 1. The lowest BCUT2D eigenvalue weighted by molar-refractivity contribution is -0.151. The molecular weight excluding hydrogens is 400 g/mol. The first-order chi connectivity index (χ1) is 13.9. The van der Waals surface area contributed by atoms with E-state index in [1.807, 2.05) is 6.92 Å². The predicted molar refractivity (Wildman–Crippen MR) is 107 cm³/mol. The van der Waals surface area contributed by atoms with Crippen molar-refractivity contribution in [3.63, 3.8) is 0 Å². The lowest BCUT2D eigenvalue weighted by Gasteiger charge is -2.09. The van der Waals surface area contributed by atoms with Gasteiger partial charge < -0.3 is 24.4 Å². The number of hydrogen-bond acceptors (Lipinski definition) is 7. The van der Waals surface area contributed by atoms with Gasteiger partial charge in [0, 0.05) is 16.3 Å². The molecule has 0 aromatic heterocycles. The average Bonchev–Trinajstić information content (AvgIpc) is 3.17. The van der Waals surface area contributed by atoms with Crippen molar-refractivity contribution < 1.29 is 28.6 Å². The van der Waals surface area contributed by atoms with Gasteiger partial charge in [-0.3, -0.25) is 4.79 Å². The second-order valence-corrected chi connectivity index (χ2v) is 6.62. The van der Waals surface area contributed by atoms with E-state index in [9.17, 15) is 9.59 Å². The van der Waals surface area contributed by atoms with Crippen molar-refractivity contribution in [2.75, 3.05) is 25.3 Å². The fourth-order valence-electron chi connectivity index (χ4n) is 2.46. The summed E-state index contributed by atoms with van der Waals surface area (Å²) in [5.41, 5.74) is 2.70. The Bertz CT molecular complexity index is 960. The van der Waals surface area contributed by atoms with Gasteiger partial charge in [-0.05, 0) is 49.7 Å². The third-order valence-corrected chi connectivity index (χ3v) is 4.25. The molecule has 1 heterocycles. The molecule has 0 fully saturated rings. The summed E-state index contributed by atoms with van der Waals surface area (Å²) in [6, 6.07) is 10.5. The highest BCUT2D eigenvalue weighted by molar-refractivity contribution is 6.31. The van der Waals surface area contributed by atoms with Gasteiger partial charge in [-0.1, -0.05) is 22.8 Å². The molecule has 2 aromatic rings. The highest BCUT2D eigenvalue weighted by Gasteiger charge is 2.14. The Morgan fingerprint density at radius 2 is 1.93 bits per heavy atom. The van der Waals surface area contributed by atoms with E-state index in [0.29, 0.717) is 27.9 Å². The van der Waals surface area contributed by atoms with Crippen LogP contribution in [-0.4, -0.2) is 37.6 Å². The third kappa shape index (κ3) is 5.61. The van der Waals surface area contributed by atoms with Crippen LogP contribution in [0.2, 0.25) is 5.02 Å². The number of hydrogen-bond donors (Lipinski definition) is 1. The van der Waals surface area contributed by atoms with Gasteiger partial charge >= 0.3 is 5.97 Å². The van der Waals surface area contributed by atoms with Crippen LogP contribution >= 0.6 is 11.6 Å². The number of benzene rings is 2. The molecule has 1 aliphatic heterocycles. The summed E-state index contributed by atoms with van der Waals surface area (Å²) in [5, 5.41) is 7.00. The Morgan fingerprint density at radius 1 is 1.14 bits per heavy atom. The summed E-state index contributed by atoms with van der Waals surface area (Å²) in [6.45, 7) is 2.86. The molecule has 29 heavy (non-hydrogen) atoms. The van der Waals surface area contributed by atoms with Gasteiger partial charge in [0.1, 0.15) is 0 Å². The van der Waals surface area contributed by atoms with E-state index in [4.69, 9.17) is 30.6 Å². The molecule has 3 rings (SSSR count). The number of carbonyl (C=O) groups is 2. The Kier molecular flexibility index (Phi) is 6.56. The fraction of sp³-hybridized carbons (Fsp3) is 0.250. The Balaban J connectivity index is 1.43. The topological polar surface area (TPSA) is 95.5 Å². The van der Waals surface area contributed by atoms with E-state index in [1.54, 1.807) is 43.3 Å². The van der Waals surface area contributed by atoms with Gasteiger partial charge in [-0.15, -0.1) is 0 Å². The maximum absolute atomic E-state index is 11.9. The van der Waals surface area contributed by atoms with E-state index < -0.39 is 25.1 Å². The van der Waals surface area contributed by atoms with Crippen LogP contribution in [0.3, 0.4) is 0 Å². The van der Waals surface area contributed by atoms with Gasteiger partial charge in [0.05, 0.1) is 5.71 Å². The van der Waals surface area contributed by atoms with Gasteiger partial charge in [-0.25, -0.2) is 4.79 Å². The van der Waals surface area contributed by atoms with Crippen molar-refractivity contribution in [3.05, 3.63) is 52.5 Å².